The number of hydrogen-bond acceptors (Lipinski definition) is 1. The summed E-state index contributed by atoms with van der Waals surface area (Å²) in [6.45, 7) is 0. The molecule has 0 aromatic carbocycles. The van der Waals surface area contributed by atoms with Gasteiger partial charge in [-0.2, -0.15) is 0 Å². The van der Waals surface area contributed by atoms with Crippen LogP contribution in [0.4, 0.5) is 0 Å². The van der Waals surface area contributed by atoms with E-state index in [1.54, 1.807) is 12.2 Å². The molecule has 0 bridgehead atoms. The van der Waals surface area contributed by atoms with Crippen LogP contribution in [0.3, 0.4) is 0 Å². The Morgan fingerprint density at radius 2 is 2.36 bits per heavy atom. The number of halogens is 2. The first-order valence-electron chi connectivity index (χ1n) is 3.06. The summed E-state index contributed by atoms with van der Waals surface area (Å²) in [7, 11) is 0. The predicted molar refractivity (Wildman–Crippen MR) is 46.7 cm³/mol. The van der Waals surface area contributed by atoms with Crippen molar-refractivity contribution in [3.63, 3.8) is 0 Å². The van der Waals surface area contributed by atoms with Crippen LogP contribution in [0.15, 0.2) is 21.7 Å². The number of aliphatic carboxylic acids is 1. The minimum atomic E-state index is -0.878. The molecular formula is C7H6BrClO2. The summed E-state index contributed by atoms with van der Waals surface area (Å²) in [5.74, 6) is -1.45. The zero-order valence-electron chi connectivity index (χ0n) is 5.55. The van der Waals surface area contributed by atoms with Gasteiger partial charge in [-0.15, -0.1) is 0 Å². The molecular weight excluding hydrogens is 231 g/mol. The van der Waals surface area contributed by atoms with Gasteiger partial charge in [-0.3, -0.25) is 4.79 Å². The lowest BCUT2D eigenvalue weighted by molar-refractivity contribution is -0.140. The molecule has 0 spiro atoms. The molecule has 0 fully saturated rings. The fourth-order valence-corrected chi connectivity index (χ4v) is 1.54. The third-order valence-corrected chi connectivity index (χ3v) is 2.43. The number of rotatable bonds is 1. The quantitative estimate of drug-likeness (QED) is 0.761. The van der Waals surface area contributed by atoms with E-state index in [2.05, 4.69) is 15.9 Å². The predicted octanol–water partition coefficient (Wildman–Crippen LogP) is 2.49. The van der Waals surface area contributed by atoms with E-state index in [9.17, 15) is 4.79 Å². The number of hydrogen-bond donors (Lipinski definition) is 1. The van der Waals surface area contributed by atoms with Crippen LogP contribution < -0.4 is 0 Å². The molecule has 1 unspecified atom stereocenters. The molecule has 4 heteroatoms. The molecule has 0 heterocycles. The van der Waals surface area contributed by atoms with E-state index in [0.29, 0.717) is 11.5 Å². The van der Waals surface area contributed by atoms with Gasteiger partial charge < -0.3 is 5.11 Å². The van der Waals surface area contributed by atoms with Crippen molar-refractivity contribution in [3.8, 4) is 0 Å². The van der Waals surface area contributed by atoms with Crippen LogP contribution in [0, 0.1) is 5.92 Å². The summed E-state index contributed by atoms with van der Waals surface area (Å²) in [5.41, 5.74) is 0. The molecule has 0 aromatic heterocycles. The van der Waals surface area contributed by atoms with Crippen LogP contribution >= 0.6 is 27.5 Å². The van der Waals surface area contributed by atoms with Gasteiger partial charge in [0.2, 0.25) is 0 Å². The van der Waals surface area contributed by atoms with Crippen LogP contribution in [-0.2, 0) is 4.79 Å². The summed E-state index contributed by atoms with van der Waals surface area (Å²) < 4.78 is 0.870. The minimum absolute atomic E-state index is 0.390. The molecule has 0 saturated heterocycles. The van der Waals surface area contributed by atoms with Crippen molar-refractivity contribution in [2.75, 3.05) is 0 Å². The van der Waals surface area contributed by atoms with Crippen molar-refractivity contribution < 1.29 is 9.90 Å². The van der Waals surface area contributed by atoms with Gasteiger partial charge in [-0.25, -0.2) is 0 Å². The van der Waals surface area contributed by atoms with Crippen LogP contribution in [0.5, 0.6) is 0 Å². The molecule has 60 valence electrons. The summed E-state index contributed by atoms with van der Waals surface area (Å²) >= 11 is 8.88. The highest BCUT2D eigenvalue weighted by molar-refractivity contribution is 9.11. The van der Waals surface area contributed by atoms with E-state index in [4.69, 9.17) is 16.7 Å². The Morgan fingerprint density at radius 1 is 1.73 bits per heavy atom. The van der Waals surface area contributed by atoms with Crippen LogP contribution in [0.1, 0.15) is 6.42 Å². The molecule has 2 nitrogen and oxygen atoms in total. The Hall–Kier alpha value is -0.280. The molecule has 1 aliphatic carbocycles. The summed E-state index contributed by atoms with van der Waals surface area (Å²) in [6.07, 6.45) is 3.82. The first-order valence-corrected chi connectivity index (χ1v) is 4.23. The van der Waals surface area contributed by atoms with Crippen LogP contribution in [-0.4, -0.2) is 11.1 Å². The molecule has 1 N–H and O–H groups in total. The summed E-state index contributed by atoms with van der Waals surface area (Å²) in [5, 5.41) is 9.04. The highest BCUT2D eigenvalue weighted by atomic mass is 79.9. The number of carbonyl (C=O) groups is 1. The van der Waals surface area contributed by atoms with Gasteiger partial charge in [0.25, 0.3) is 0 Å². The van der Waals surface area contributed by atoms with Crippen molar-refractivity contribution in [1.82, 2.24) is 0 Å². The van der Waals surface area contributed by atoms with Crippen molar-refractivity contribution in [1.29, 1.82) is 0 Å². The minimum Gasteiger partial charge on any atom is -0.481 e. The fraction of sp³-hybridized carbons (Fsp3) is 0.286. The molecule has 11 heavy (non-hydrogen) atoms. The molecule has 1 atom stereocenters. The molecule has 1 rings (SSSR count). The Bertz CT molecular complexity index is 245. The largest absolute Gasteiger partial charge is 0.481 e. The van der Waals surface area contributed by atoms with E-state index < -0.39 is 11.9 Å². The van der Waals surface area contributed by atoms with Gasteiger partial charge in [0.05, 0.1) is 5.92 Å². The molecule has 0 aliphatic heterocycles. The molecule has 0 radical (unpaired) electrons. The highest BCUT2D eigenvalue weighted by Crippen LogP contribution is 2.30. The van der Waals surface area contributed by atoms with Gasteiger partial charge in [0.1, 0.15) is 0 Å². The standard InChI is InChI=1S/C7H6BrClO2/c8-4-1-2-6(9)5(3-4)7(10)11/h1-2,5H,3H2,(H,10,11). The Balaban J connectivity index is 2.81. The second kappa shape index (κ2) is 3.41. The SMILES string of the molecule is O=C(O)C1CC(Br)=CC=C1Cl. The molecule has 0 saturated carbocycles. The summed E-state index contributed by atoms with van der Waals surface area (Å²) in [4.78, 5) is 10.5. The lowest BCUT2D eigenvalue weighted by Gasteiger charge is -2.13. The van der Waals surface area contributed by atoms with Crippen LogP contribution in [0.2, 0.25) is 0 Å². The molecule has 0 amide bonds. The average molecular weight is 237 g/mol. The first kappa shape index (κ1) is 8.81. The van der Waals surface area contributed by atoms with Crippen molar-refractivity contribution in [2.24, 2.45) is 5.92 Å². The number of carboxylic acid groups (broad SMARTS) is 1. The maximum absolute atomic E-state index is 10.5. The van der Waals surface area contributed by atoms with E-state index in [1.807, 2.05) is 0 Å². The van der Waals surface area contributed by atoms with Gasteiger partial charge in [-0.1, -0.05) is 33.6 Å². The van der Waals surface area contributed by atoms with E-state index in [-0.39, 0.29) is 0 Å². The van der Waals surface area contributed by atoms with E-state index in [0.717, 1.165) is 4.48 Å². The third-order valence-electron chi connectivity index (χ3n) is 1.45. The van der Waals surface area contributed by atoms with Crippen molar-refractivity contribution in [3.05, 3.63) is 21.7 Å². The van der Waals surface area contributed by atoms with Crippen molar-refractivity contribution in [2.45, 2.75) is 6.42 Å². The topological polar surface area (TPSA) is 37.3 Å². The second-order valence-corrected chi connectivity index (χ2v) is 3.72. The Morgan fingerprint density at radius 3 is 2.82 bits per heavy atom. The molecule has 0 aromatic rings. The third kappa shape index (κ3) is 2.07. The lowest BCUT2D eigenvalue weighted by atomic mass is 10.0. The zero-order chi connectivity index (χ0) is 8.43. The fourth-order valence-electron chi connectivity index (χ4n) is 0.852. The lowest BCUT2D eigenvalue weighted by Crippen LogP contribution is -2.15. The van der Waals surface area contributed by atoms with Crippen LogP contribution in [0.25, 0.3) is 0 Å². The van der Waals surface area contributed by atoms with Gasteiger partial charge in [0.15, 0.2) is 0 Å². The maximum atomic E-state index is 10.5. The van der Waals surface area contributed by atoms with Crippen molar-refractivity contribution >= 4 is 33.5 Å². The van der Waals surface area contributed by atoms with E-state index in [1.165, 1.54) is 0 Å². The Kier molecular flexibility index (Phi) is 2.73. The highest BCUT2D eigenvalue weighted by Gasteiger charge is 2.23. The second-order valence-electron chi connectivity index (χ2n) is 2.26. The Labute approximate surface area is 77.7 Å². The monoisotopic (exact) mass is 236 g/mol. The van der Waals surface area contributed by atoms with Gasteiger partial charge >= 0.3 is 5.97 Å². The van der Waals surface area contributed by atoms with Gasteiger partial charge in [-0.05, 0) is 17.0 Å². The maximum Gasteiger partial charge on any atom is 0.312 e. The number of carboxylic acids is 1. The first-order chi connectivity index (χ1) is 5.11. The normalized spacial score (nSPS) is 24.0. The average Bonchev–Trinajstić information content (AvgIpc) is 1.94. The zero-order valence-corrected chi connectivity index (χ0v) is 7.89. The van der Waals surface area contributed by atoms with Gasteiger partial charge in [0, 0.05) is 5.03 Å². The smallest absolute Gasteiger partial charge is 0.312 e. The van der Waals surface area contributed by atoms with E-state index >= 15 is 0 Å². The molecule has 1 aliphatic rings. The number of allylic oxidation sites excluding steroid dienone is 3. The summed E-state index contributed by atoms with van der Waals surface area (Å²) in [6, 6.07) is 0.